The summed E-state index contributed by atoms with van der Waals surface area (Å²) in [5, 5.41) is 0. The number of hydrogen-bond acceptors (Lipinski definition) is 1. The Balaban J connectivity index is 2.59. The van der Waals surface area contributed by atoms with Gasteiger partial charge in [-0.05, 0) is 49.7 Å². The van der Waals surface area contributed by atoms with E-state index in [0.717, 1.165) is 11.8 Å². The lowest BCUT2D eigenvalue weighted by atomic mass is 10.0. The molecule has 16 heavy (non-hydrogen) atoms. The van der Waals surface area contributed by atoms with E-state index in [-0.39, 0.29) is 0 Å². The van der Waals surface area contributed by atoms with Crippen molar-refractivity contribution in [2.45, 2.75) is 60.3 Å². The van der Waals surface area contributed by atoms with Crippen LogP contribution in [0.25, 0.3) is 0 Å². The molecule has 0 saturated carbocycles. The molecular formula is C15H26S. The van der Waals surface area contributed by atoms with Gasteiger partial charge in [-0.1, -0.05) is 34.1 Å². The van der Waals surface area contributed by atoms with Gasteiger partial charge in [0.2, 0.25) is 0 Å². The maximum atomic E-state index is 2.41. The summed E-state index contributed by atoms with van der Waals surface area (Å²) >= 11 is 2.05. The molecule has 0 spiro atoms. The maximum Gasteiger partial charge on any atom is 0.00774 e. The lowest BCUT2D eigenvalue weighted by Gasteiger charge is -2.05. The fourth-order valence-corrected chi connectivity index (χ4v) is 3.21. The molecule has 1 rings (SSSR count). The fraction of sp³-hybridized carbons (Fsp3) is 0.733. The standard InChI is InChI=1S/C15H26S/c1-6-12(4)9-14-10-13(5)15(16-14)8-7-11(2)3/h10-12H,6-9H2,1-5H3. The zero-order valence-corrected chi connectivity index (χ0v) is 12.3. The third kappa shape index (κ3) is 4.29. The highest BCUT2D eigenvalue weighted by molar-refractivity contribution is 7.12. The molecule has 92 valence electrons. The van der Waals surface area contributed by atoms with E-state index in [9.17, 15) is 0 Å². The Morgan fingerprint density at radius 3 is 2.50 bits per heavy atom. The first-order valence-corrected chi connectivity index (χ1v) is 7.42. The van der Waals surface area contributed by atoms with Gasteiger partial charge in [0.1, 0.15) is 0 Å². The number of hydrogen-bond donors (Lipinski definition) is 0. The Bertz CT molecular complexity index is 309. The first-order chi connectivity index (χ1) is 7.52. The smallest absolute Gasteiger partial charge is 0.00774 e. The van der Waals surface area contributed by atoms with Crippen molar-refractivity contribution in [1.82, 2.24) is 0 Å². The summed E-state index contributed by atoms with van der Waals surface area (Å²) in [7, 11) is 0. The summed E-state index contributed by atoms with van der Waals surface area (Å²) in [6, 6.07) is 2.41. The molecule has 0 radical (unpaired) electrons. The van der Waals surface area contributed by atoms with E-state index >= 15 is 0 Å². The summed E-state index contributed by atoms with van der Waals surface area (Å²) < 4.78 is 0. The Morgan fingerprint density at radius 2 is 1.94 bits per heavy atom. The van der Waals surface area contributed by atoms with Crippen LogP contribution in [0.3, 0.4) is 0 Å². The molecule has 1 atom stereocenters. The van der Waals surface area contributed by atoms with E-state index in [1.807, 2.05) is 11.3 Å². The van der Waals surface area contributed by atoms with Gasteiger partial charge in [0.25, 0.3) is 0 Å². The van der Waals surface area contributed by atoms with Crippen LogP contribution in [0.1, 0.15) is 55.9 Å². The Hall–Kier alpha value is -0.300. The maximum absolute atomic E-state index is 2.41. The van der Waals surface area contributed by atoms with Gasteiger partial charge in [-0.15, -0.1) is 11.3 Å². The van der Waals surface area contributed by atoms with E-state index in [1.165, 1.54) is 31.2 Å². The molecule has 0 amide bonds. The minimum atomic E-state index is 0.819. The summed E-state index contributed by atoms with van der Waals surface area (Å²) in [5.41, 5.74) is 1.52. The van der Waals surface area contributed by atoms with E-state index in [1.54, 1.807) is 9.75 Å². The van der Waals surface area contributed by atoms with Gasteiger partial charge in [0.15, 0.2) is 0 Å². The van der Waals surface area contributed by atoms with Gasteiger partial charge in [0.05, 0.1) is 0 Å². The first kappa shape index (κ1) is 13.8. The summed E-state index contributed by atoms with van der Waals surface area (Å²) in [5.74, 6) is 1.65. The van der Waals surface area contributed by atoms with Crippen molar-refractivity contribution in [2.24, 2.45) is 11.8 Å². The van der Waals surface area contributed by atoms with Crippen molar-refractivity contribution in [3.63, 3.8) is 0 Å². The molecule has 0 aromatic carbocycles. The second-order valence-corrected chi connectivity index (χ2v) is 6.69. The van der Waals surface area contributed by atoms with Gasteiger partial charge in [-0.2, -0.15) is 0 Å². The van der Waals surface area contributed by atoms with Gasteiger partial charge in [0, 0.05) is 9.75 Å². The quantitative estimate of drug-likeness (QED) is 0.636. The lowest BCUT2D eigenvalue weighted by molar-refractivity contribution is 0.565. The van der Waals surface area contributed by atoms with Crippen molar-refractivity contribution in [1.29, 1.82) is 0 Å². The Morgan fingerprint density at radius 1 is 1.25 bits per heavy atom. The minimum absolute atomic E-state index is 0.819. The van der Waals surface area contributed by atoms with Crippen LogP contribution >= 0.6 is 11.3 Å². The molecule has 0 aliphatic carbocycles. The fourth-order valence-electron chi connectivity index (χ4n) is 1.85. The molecule has 1 heteroatoms. The van der Waals surface area contributed by atoms with Crippen LogP contribution in [0.5, 0.6) is 0 Å². The summed E-state index contributed by atoms with van der Waals surface area (Å²) in [4.78, 5) is 3.21. The second kappa shape index (κ2) is 6.44. The predicted molar refractivity (Wildman–Crippen MR) is 75.4 cm³/mol. The summed E-state index contributed by atoms with van der Waals surface area (Å²) in [6.07, 6.45) is 5.15. The Kier molecular flexibility index (Phi) is 5.54. The van der Waals surface area contributed by atoms with Crippen LogP contribution in [0.4, 0.5) is 0 Å². The molecule has 0 fully saturated rings. The van der Waals surface area contributed by atoms with Gasteiger partial charge in [-0.25, -0.2) is 0 Å². The SMILES string of the molecule is CCC(C)Cc1cc(C)c(CCC(C)C)s1. The number of aryl methyl sites for hydroxylation is 2. The van der Waals surface area contributed by atoms with Crippen molar-refractivity contribution in [2.75, 3.05) is 0 Å². The minimum Gasteiger partial charge on any atom is -0.145 e. The third-order valence-corrected chi connectivity index (χ3v) is 4.59. The van der Waals surface area contributed by atoms with Crippen LogP contribution < -0.4 is 0 Å². The Labute approximate surface area is 105 Å². The van der Waals surface area contributed by atoms with Crippen molar-refractivity contribution >= 4 is 11.3 Å². The van der Waals surface area contributed by atoms with Crippen LogP contribution in [-0.4, -0.2) is 0 Å². The van der Waals surface area contributed by atoms with Crippen LogP contribution in [0.15, 0.2) is 6.07 Å². The third-order valence-electron chi connectivity index (χ3n) is 3.27. The molecule has 0 nitrogen and oxygen atoms in total. The molecule has 1 unspecified atom stereocenters. The van der Waals surface area contributed by atoms with Crippen LogP contribution in [-0.2, 0) is 12.8 Å². The van der Waals surface area contributed by atoms with Crippen molar-refractivity contribution in [3.05, 3.63) is 21.4 Å². The molecule has 1 aromatic heterocycles. The monoisotopic (exact) mass is 238 g/mol. The van der Waals surface area contributed by atoms with Crippen molar-refractivity contribution in [3.8, 4) is 0 Å². The molecule has 0 bridgehead atoms. The zero-order valence-electron chi connectivity index (χ0n) is 11.5. The predicted octanol–water partition coefficient (Wildman–Crippen LogP) is 5.23. The average molecular weight is 238 g/mol. The van der Waals surface area contributed by atoms with Gasteiger partial charge < -0.3 is 0 Å². The molecule has 0 saturated heterocycles. The number of thiophene rings is 1. The lowest BCUT2D eigenvalue weighted by Crippen LogP contribution is -1.94. The largest absolute Gasteiger partial charge is 0.145 e. The van der Waals surface area contributed by atoms with E-state index in [4.69, 9.17) is 0 Å². The molecule has 1 aromatic rings. The average Bonchev–Trinajstić information content (AvgIpc) is 2.55. The first-order valence-electron chi connectivity index (χ1n) is 6.61. The zero-order chi connectivity index (χ0) is 12.1. The van der Waals surface area contributed by atoms with E-state index < -0.39 is 0 Å². The number of rotatable bonds is 6. The highest BCUT2D eigenvalue weighted by Crippen LogP contribution is 2.26. The molecule has 0 aliphatic rings. The molecule has 0 aliphatic heterocycles. The topological polar surface area (TPSA) is 0 Å². The molecule has 1 heterocycles. The van der Waals surface area contributed by atoms with Gasteiger partial charge in [-0.3, -0.25) is 0 Å². The normalized spacial score (nSPS) is 13.4. The van der Waals surface area contributed by atoms with Crippen LogP contribution in [0, 0.1) is 18.8 Å². The van der Waals surface area contributed by atoms with E-state index in [0.29, 0.717) is 0 Å². The van der Waals surface area contributed by atoms with E-state index in [2.05, 4.69) is 40.7 Å². The van der Waals surface area contributed by atoms with Gasteiger partial charge >= 0.3 is 0 Å². The summed E-state index contributed by atoms with van der Waals surface area (Å²) in [6.45, 7) is 11.5. The molecular weight excluding hydrogens is 212 g/mol. The molecule has 0 N–H and O–H groups in total. The van der Waals surface area contributed by atoms with Crippen LogP contribution in [0.2, 0.25) is 0 Å². The highest BCUT2D eigenvalue weighted by atomic mass is 32.1. The highest BCUT2D eigenvalue weighted by Gasteiger charge is 2.08. The second-order valence-electron chi connectivity index (χ2n) is 5.47. The van der Waals surface area contributed by atoms with Crippen molar-refractivity contribution < 1.29 is 0 Å².